The highest BCUT2D eigenvalue weighted by molar-refractivity contribution is 5.94. The Bertz CT molecular complexity index is 1310. The van der Waals surface area contributed by atoms with Gasteiger partial charge in [-0.15, -0.1) is 0 Å². The van der Waals surface area contributed by atoms with Crippen LogP contribution in [0.4, 0.5) is 5.69 Å². The number of aryl methyl sites for hydroxylation is 1. The van der Waals surface area contributed by atoms with Crippen LogP contribution in [0.3, 0.4) is 0 Å². The zero-order valence-corrected chi connectivity index (χ0v) is 21.0. The Hall–Kier alpha value is -4.00. The number of ether oxygens (including phenoxy) is 1. The minimum absolute atomic E-state index is 0.0847. The smallest absolute Gasteiger partial charge is 0.270 e. The van der Waals surface area contributed by atoms with E-state index in [2.05, 4.69) is 56.5 Å². The third-order valence-electron chi connectivity index (χ3n) is 6.87. The second-order valence-electron chi connectivity index (χ2n) is 9.07. The maximum Gasteiger partial charge on any atom is 0.270 e. The van der Waals surface area contributed by atoms with Crippen LogP contribution in [0.5, 0.6) is 5.75 Å². The number of pyridine rings is 1. The fraction of sp³-hybridized carbons (Fsp3) is 0.310. The summed E-state index contributed by atoms with van der Waals surface area (Å²) in [6, 6.07) is 14.1. The second kappa shape index (κ2) is 10.7. The number of piperazine rings is 1. The maximum absolute atomic E-state index is 13.1. The van der Waals surface area contributed by atoms with E-state index in [9.17, 15) is 4.79 Å². The highest BCUT2D eigenvalue weighted by atomic mass is 16.5. The van der Waals surface area contributed by atoms with Crippen molar-refractivity contribution in [3.8, 4) is 5.75 Å². The zero-order valence-electron chi connectivity index (χ0n) is 21.0. The number of nitrogens with one attached hydrogen (secondary N) is 1. The number of benzene rings is 1. The fourth-order valence-corrected chi connectivity index (χ4v) is 4.82. The van der Waals surface area contributed by atoms with E-state index in [-0.39, 0.29) is 5.91 Å². The molecule has 2 aliphatic rings. The van der Waals surface area contributed by atoms with Crippen molar-refractivity contribution in [3.63, 3.8) is 0 Å². The molecule has 0 spiro atoms. The molecule has 1 saturated heterocycles. The molecule has 0 unspecified atom stereocenters. The first-order valence-corrected chi connectivity index (χ1v) is 12.6. The van der Waals surface area contributed by atoms with Crippen molar-refractivity contribution in [2.45, 2.75) is 19.8 Å². The number of allylic oxidation sites excluding steroid dienone is 4. The summed E-state index contributed by atoms with van der Waals surface area (Å²) in [6.45, 7) is 6.43. The molecule has 7 heteroatoms. The molecule has 3 aromatic rings. The molecule has 1 aromatic carbocycles. The molecule has 0 atom stereocenters. The fourth-order valence-electron chi connectivity index (χ4n) is 4.82. The predicted molar refractivity (Wildman–Crippen MR) is 144 cm³/mol. The molecule has 1 amide bonds. The molecule has 1 aliphatic heterocycles. The maximum atomic E-state index is 13.1. The van der Waals surface area contributed by atoms with Crippen molar-refractivity contribution < 1.29 is 9.53 Å². The number of rotatable bonds is 7. The number of nitrogens with zero attached hydrogens (tertiary/aromatic N) is 4. The van der Waals surface area contributed by atoms with Gasteiger partial charge in [-0.2, -0.15) is 0 Å². The summed E-state index contributed by atoms with van der Waals surface area (Å²) in [5.41, 5.74) is 5.89. The van der Waals surface area contributed by atoms with Gasteiger partial charge in [0.15, 0.2) is 0 Å². The van der Waals surface area contributed by atoms with Gasteiger partial charge in [-0.3, -0.25) is 9.20 Å². The lowest BCUT2D eigenvalue weighted by molar-refractivity contribution is 0.0950. The SMILES string of the molecule is CCc1nc2ccccn2c1C(=O)NCC1=CC=C(N2CCN(c3ccc(OC)cc3)CC2)C=CC1. The Morgan fingerprint density at radius 3 is 2.56 bits per heavy atom. The van der Waals surface area contributed by atoms with E-state index in [1.54, 1.807) is 7.11 Å². The van der Waals surface area contributed by atoms with Crippen molar-refractivity contribution in [1.82, 2.24) is 19.6 Å². The molecule has 0 bridgehead atoms. The van der Waals surface area contributed by atoms with Crippen molar-refractivity contribution in [2.24, 2.45) is 0 Å². The Labute approximate surface area is 212 Å². The Balaban J connectivity index is 1.19. The number of hydrogen-bond acceptors (Lipinski definition) is 5. The van der Waals surface area contributed by atoms with Gasteiger partial charge in [-0.1, -0.05) is 25.1 Å². The second-order valence-corrected chi connectivity index (χ2v) is 9.07. The van der Waals surface area contributed by atoms with Gasteiger partial charge in [0, 0.05) is 50.3 Å². The number of anilines is 1. The molecule has 3 heterocycles. The van der Waals surface area contributed by atoms with Crippen LogP contribution >= 0.6 is 0 Å². The number of fused-ring (bicyclic) bond motifs is 1. The van der Waals surface area contributed by atoms with E-state index in [1.807, 2.05) is 47.9 Å². The minimum Gasteiger partial charge on any atom is -0.497 e. The molecule has 1 aliphatic carbocycles. The van der Waals surface area contributed by atoms with Gasteiger partial charge in [0.2, 0.25) is 0 Å². The van der Waals surface area contributed by atoms with E-state index < -0.39 is 0 Å². The van der Waals surface area contributed by atoms with Crippen LogP contribution in [-0.4, -0.2) is 60.0 Å². The quantitative estimate of drug-likeness (QED) is 0.545. The van der Waals surface area contributed by atoms with Crippen LogP contribution in [0.25, 0.3) is 5.65 Å². The summed E-state index contributed by atoms with van der Waals surface area (Å²) in [7, 11) is 1.69. The average Bonchev–Trinajstić information content (AvgIpc) is 3.15. The molecule has 5 rings (SSSR count). The first-order valence-electron chi connectivity index (χ1n) is 12.6. The van der Waals surface area contributed by atoms with Gasteiger partial charge >= 0.3 is 0 Å². The van der Waals surface area contributed by atoms with Gasteiger partial charge in [-0.05, 0) is 67.0 Å². The van der Waals surface area contributed by atoms with Gasteiger partial charge < -0.3 is 19.9 Å². The van der Waals surface area contributed by atoms with Gasteiger partial charge in [0.25, 0.3) is 5.91 Å². The lowest BCUT2D eigenvalue weighted by Crippen LogP contribution is -2.45. The molecule has 7 nitrogen and oxygen atoms in total. The average molecular weight is 484 g/mol. The number of imidazole rings is 1. The zero-order chi connectivity index (χ0) is 24.9. The minimum atomic E-state index is -0.0847. The molecule has 0 radical (unpaired) electrons. The van der Waals surface area contributed by atoms with Crippen LogP contribution in [0.15, 0.2) is 84.2 Å². The summed E-state index contributed by atoms with van der Waals surface area (Å²) < 4.78 is 7.15. The van der Waals surface area contributed by atoms with E-state index >= 15 is 0 Å². The number of carbonyl (C=O) groups excluding carboxylic acids is 1. The summed E-state index contributed by atoms with van der Waals surface area (Å²) in [6.07, 6.45) is 12.2. The Morgan fingerprint density at radius 1 is 1.03 bits per heavy atom. The molecule has 1 fully saturated rings. The molecular weight excluding hydrogens is 450 g/mol. The third kappa shape index (κ3) is 5.00. The van der Waals surface area contributed by atoms with Crippen LogP contribution in [0, 0.1) is 0 Å². The predicted octanol–water partition coefficient (Wildman–Crippen LogP) is 4.23. The lowest BCUT2D eigenvalue weighted by atomic mass is 10.1. The molecular formula is C29H33N5O2. The molecule has 1 N–H and O–H groups in total. The van der Waals surface area contributed by atoms with E-state index in [0.717, 1.165) is 49.7 Å². The largest absolute Gasteiger partial charge is 0.497 e. The van der Waals surface area contributed by atoms with Gasteiger partial charge in [0.1, 0.15) is 17.1 Å². The number of aromatic nitrogens is 2. The lowest BCUT2D eigenvalue weighted by Gasteiger charge is -2.37. The van der Waals surface area contributed by atoms with Crippen molar-refractivity contribution in [2.75, 3.05) is 44.7 Å². The highest BCUT2D eigenvalue weighted by Gasteiger charge is 2.20. The summed E-state index contributed by atoms with van der Waals surface area (Å²) >= 11 is 0. The summed E-state index contributed by atoms with van der Waals surface area (Å²) in [5, 5.41) is 3.12. The van der Waals surface area contributed by atoms with Crippen LogP contribution in [0.2, 0.25) is 0 Å². The molecule has 186 valence electrons. The monoisotopic (exact) mass is 483 g/mol. The number of amides is 1. The van der Waals surface area contributed by atoms with E-state index in [4.69, 9.17) is 4.74 Å². The van der Waals surface area contributed by atoms with Gasteiger partial charge in [0.05, 0.1) is 12.8 Å². The van der Waals surface area contributed by atoms with Crippen molar-refractivity contribution >= 4 is 17.2 Å². The summed E-state index contributed by atoms with van der Waals surface area (Å²) in [5.74, 6) is 0.799. The Morgan fingerprint density at radius 2 is 1.81 bits per heavy atom. The van der Waals surface area contributed by atoms with Crippen molar-refractivity contribution in [3.05, 3.63) is 95.6 Å². The first-order chi connectivity index (χ1) is 17.7. The molecule has 2 aromatic heterocycles. The first kappa shape index (κ1) is 23.7. The number of carbonyl (C=O) groups is 1. The number of hydrogen-bond donors (Lipinski definition) is 1. The molecule has 0 saturated carbocycles. The highest BCUT2D eigenvalue weighted by Crippen LogP contribution is 2.23. The number of methoxy groups -OCH3 is 1. The van der Waals surface area contributed by atoms with Crippen LogP contribution < -0.4 is 15.0 Å². The third-order valence-corrected chi connectivity index (χ3v) is 6.87. The van der Waals surface area contributed by atoms with Crippen LogP contribution in [0.1, 0.15) is 29.5 Å². The summed E-state index contributed by atoms with van der Waals surface area (Å²) in [4.78, 5) is 22.5. The van der Waals surface area contributed by atoms with Crippen LogP contribution in [-0.2, 0) is 6.42 Å². The van der Waals surface area contributed by atoms with Gasteiger partial charge in [-0.25, -0.2) is 4.98 Å². The molecule has 36 heavy (non-hydrogen) atoms. The normalized spacial score (nSPS) is 15.9. The standard InChI is InChI=1S/C29H33N5O2/c1-3-26-28(34-16-5-4-9-27(34)31-26)29(35)30-21-22-7-6-8-23(11-10-22)32-17-19-33(20-18-32)24-12-14-25(36-2)15-13-24/h4-6,8-16H,3,7,17-21H2,1-2H3,(H,30,35). The van der Waals surface area contributed by atoms with E-state index in [0.29, 0.717) is 18.7 Å². The van der Waals surface area contributed by atoms with Crippen molar-refractivity contribution in [1.29, 1.82) is 0 Å². The van der Waals surface area contributed by atoms with E-state index in [1.165, 1.54) is 17.0 Å². The topological polar surface area (TPSA) is 62.1 Å². The Kier molecular flexibility index (Phi) is 7.07.